The molecule has 0 amide bonds. The predicted molar refractivity (Wildman–Crippen MR) is 166 cm³/mol. The van der Waals surface area contributed by atoms with Gasteiger partial charge in [0.15, 0.2) is 0 Å². The fourth-order valence-electron chi connectivity index (χ4n) is 4.57. The molecule has 0 radical (unpaired) electrons. The Morgan fingerprint density at radius 2 is 1.12 bits per heavy atom. The molecule has 0 aromatic heterocycles. The van der Waals surface area contributed by atoms with E-state index in [2.05, 4.69) is 52.0 Å². The molecule has 2 aliphatic heterocycles. The summed E-state index contributed by atoms with van der Waals surface area (Å²) in [5.74, 6) is 1.49. The second kappa shape index (κ2) is 16.8. The second-order valence-electron chi connectivity index (χ2n) is 12.1. The standard InChI is InChI=1S/C35H52O8/c1-7-9-17-36-33(25(3)38-21-31-23-40-31)42-29-15-11-13-27(19-29)35(5,6)28-14-12-16-30(20-28)43-34(37-18-10-8-2)26(4)39-22-32-24-41-32/h11-16,19-20,25-26,31-34H,7-10,17-18,21-24H2,1-6H3. The summed E-state index contributed by atoms with van der Waals surface area (Å²) < 4.78 is 47.6. The number of rotatable bonds is 22. The van der Waals surface area contributed by atoms with E-state index in [1.54, 1.807) is 0 Å². The maximum atomic E-state index is 6.39. The molecule has 2 fully saturated rings. The van der Waals surface area contributed by atoms with Gasteiger partial charge in [0.05, 0.1) is 39.6 Å². The molecule has 0 N–H and O–H groups in total. The van der Waals surface area contributed by atoms with Crippen LogP contribution in [0, 0.1) is 0 Å². The Morgan fingerprint density at radius 1 is 0.698 bits per heavy atom. The smallest absolute Gasteiger partial charge is 0.226 e. The lowest BCUT2D eigenvalue weighted by Gasteiger charge is -2.29. The summed E-state index contributed by atoms with van der Waals surface area (Å²) >= 11 is 0. The van der Waals surface area contributed by atoms with Crippen molar-refractivity contribution in [2.45, 2.75) is 110 Å². The van der Waals surface area contributed by atoms with Gasteiger partial charge in [-0.1, -0.05) is 64.8 Å². The minimum Gasteiger partial charge on any atom is -0.462 e. The van der Waals surface area contributed by atoms with E-state index in [1.807, 2.05) is 38.1 Å². The molecule has 2 aliphatic rings. The Morgan fingerprint density at radius 3 is 1.49 bits per heavy atom. The molecule has 6 atom stereocenters. The van der Waals surface area contributed by atoms with Crippen molar-refractivity contribution in [1.29, 1.82) is 0 Å². The summed E-state index contributed by atoms with van der Waals surface area (Å²) in [5.41, 5.74) is 1.91. The third-order valence-corrected chi connectivity index (χ3v) is 7.84. The Balaban J connectivity index is 1.45. The van der Waals surface area contributed by atoms with E-state index in [1.165, 1.54) is 0 Å². The van der Waals surface area contributed by atoms with Gasteiger partial charge >= 0.3 is 0 Å². The molecule has 0 bridgehead atoms. The van der Waals surface area contributed by atoms with Gasteiger partial charge in [0.2, 0.25) is 12.6 Å². The summed E-state index contributed by atoms with van der Waals surface area (Å²) in [5, 5.41) is 0. The van der Waals surface area contributed by atoms with Crippen molar-refractivity contribution < 1.29 is 37.9 Å². The van der Waals surface area contributed by atoms with Gasteiger partial charge in [-0.05, 0) is 62.1 Å². The number of benzene rings is 2. The van der Waals surface area contributed by atoms with Crippen molar-refractivity contribution >= 4 is 0 Å². The van der Waals surface area contributed by atoms with Gasteiger partial charge in [0.25, 0.3) is 0 Å². The average Bonchev–Trinajstić information content (AvgIpc) is 3.94. The molecule has 2 aromatic carbocycles. The fraction of sp³-hybridized carbons (Fsp3) is 0.657. The Bertz CT molecular complexity index is 1000. The van der Waals surface area contributed by atoms with Gasteiger partial charge in [0, 0.05) is 5.41 Å². The Hall–Kier alpha value is -2.20. The third kappa shape index (κ3) is 11.0. The van der Waals surface area contributed by atoms with Crippen LogP contribution in [-0.2, 0) is 33.8 Å². The fourth-order valence-corrected chi connectivity index (χ4v) is 4.57. The minimum absolute atomic E-state index is 0.189. The Kier molecular flexibility index (Phi) is 13.1. The maximum absolute atomic E-state index is 6.39. The van der Waals surface area contributed by atoms with Gasteiger partial charge in [-0.15, -0.1) is 0 Å². The van der Waals surface area contributed by atoms with Crippen LogP contribution in [0.2, 0.25) is 0 Å². The highest BCUT2D eigenvalue weighted by Gasteiger charge is 2.30. The number of unbranched alkanes of at least 4 members (excludes halogenated alkanes) is 2. The quantitative estimate of drug-likeness (QED) is 0.0843. The van der Waals surface area contributed by atoms with Gasteiger partial charge < -0.3 is 37.9 Å². The summed E-state index contributed by atoms with van der Waals surface area (Å²) in [6.07, 6.45) is 2.92. The lowest BCUT2D eigenvalue weighted by molar-refractivity contribution is -0.159. The monoisotopic (exact) mass is 600 g/mol. The second-order valence-corrected chi connectivity index (χ2v) is 12.1. The molecule has 0 aliphatic carbocycles. The van der Waals surface area contributed by atoms with Gasteiger partial charge in [-0.25, -0.2) is 0 Å². The van der Waals surface area contributed by atoms with Crippen LogP contribution in [0.25, 0.3) is 0 Å². The number of hydrogen-bond donors (Lipinski definition) is 0. The van der Waals surface area contributed by atoms with Crippen molar-refractivity contribution in [1.82, 2.24) is 0 Å². The highest BCUT2D eigenvalue weighted by molar-refractivity contribution is 5.43. The summed E-state index contributed by atoms with van der Waals surface area (Å²) in [7, 11) is 0. The lowest BCUT2D eigenvalue weighted by Crippen LogP contribution is -2.36. The molecule has 43 heavy (non-hydrogen) atoms. The van der Waals surface area contributed by atoms with Crippen LogP contribution in [0.15, 0.2) is 48.5 Å². The zero-order chi connectivity index (χ0) is 30.7. The summed E-state index contributed by atoms with van der Waals surface area (Å²) in [6.45, 7) is 16.5. The van der Waals surface area contributed by atoms with Crippen LogP contribution in [0.3, 0.4) is 0 Å². The van der Waals surface area contributed by atoms with Crippen molar-refractivity contribution in [2.24, 2.45) is 0 Å². The Labute approximate surface area is 258 Å². The van der Waals surface area contributed by atoms with Gasteiger partial charge in [0.1, 0.15) is 35.9 Å². The van der Waals surface area contributed by atoms with Gasteiger partial charge in [-0.3, -0.25) is 0 Å². The van der Waals surface area contributed by atoms with E-state index in [-0.39, 0.29) is 29.8 Å². The van der Waals surface area contributed by atoms with Crippen molar-refractivity contribution in [3.63, 3.8) is 0 Å². The van der Waals surface area contributed by atoms with E-state index in [9.17, 15) is 0 Å². The van der Waals surface area contributed by atoms with E-state index < -0.39 is 12.6 Å². The summed E-state index contributed by atoms with van der Waals surface area (Å²) in [6, 6.07) is 16.4. The number of ether oxygens (including phenoxy) is 8. The molecule has 4 rings (SSSR count). The van der Waals surface area contributed by atoms with Crippen molar-refractivity contribution in [2.75, 3.05) is 39.6 Å². The molecule has 8 heteroatoms. The normalized spacial score (nSPS) is 20.7. The minimum atomic E-state index is -0.513. The zero-order valence-electron chi connectivity index (χ0n) is 26.9. The molecular weight excluding hydrogens is 548 g/mol. The first kappa shape index (κ1) is 33.7. The van der Waals surface area contributed by atoms with Crippen LogP contribution in [0.1, 0.15) is 78.4 Å². The van der Waals surface area contributed by atoms with Gasteiger partial charge in [-0.2, -0.15) is 0 Å². The summed E-state index contributed by atoms with van der Waals surface area (Å²) in [4.78, 5) is 0. The van der Waals surface area contributed by atoms with Crippen LogP contribution < -0.4 is 9.47 Å². The molecular formula is C35H52O8. The molecule has 2 aromatic rings. The van der Waals surface area contributed by atoms with E-state index >= 15 is 0 Å². The van der Waals surface area contributed by atoms with E-state index in [4.69, 9.17) is 37.9 Å². The maximum Gasteiger partial charge on any atom is 0.226 e. The van der Waals surface area contributed by atoms with Crippen molar-refractivity contribution in [3.05, 3.63) is 59.7 Å². The van der Waals surface area contributed by atoms with Crippen LogP contribution >= 0.6 is 0 Å². The van der Waals surface area contributed by atoms with Crippen LogP contribution in [-0.4, -0.2) is 76.6 Å². The SMILES string of the molecule is CCCCOC(Oc1cccc(C(C)(C)c2cccc(OC(OCCCC)C(C)OCC3CO3)c2)c1)C(C)OCC1CO1. The zero-order valence-corrected chi connectivity index (χ0v) is 26.9. The molecule has 6 unspecified atom stereocenters. The molecule has 2 heterocycles. The average molecular weight is 601 g/mol. The third-order valence-electron chi connectivity index (χ3n) is 7.84. The first-order valence-electron chi connectivity index (χ1n) is 16.0. The lowest BCUT2D eigenvalue weighted by atomic mass is 9.78. The first-order chi connectivity index (χ1) is 20.8. The highest BCUT2D eigenvalue weighted by Crippen LogP contribution is 2.35. The molecule has 0 spiro atoms. The molecule has 2 saturated heterocycles. The van der Waals surface area contributed by atoms with E-state index in [0.29, 0.717) is 26.4 Å². The molecule has 8 nitrogen and oxygen atoms in total. The number of epoxide rings is 2. The molecule has 0 saturated carbocycles. The first-order valence-corrected chi connectivity index (χ1v) is 16.0. The van der Waals surface area contributed by atoms with E-state index in [0.717, 1.165) is 61.5 Å². The number of hydrogen-bond acceptors (Lipinski definition) is 8. The van der Waals surface area contributed by atoms with Crippen LogP contribution in [0.4, 0.5) is 0 Å². The predicted octanol–water partition coefficient (Wildman–Crippen LogP) is 6.66. The highest BCUT2D eigenvalue weighted by atomic mass is 16.7. The van der Waals surface area contributed by atoms with Crippen molar-refractivity contribution in [3.8, 4) is 11.5 Å². The van der Waals surface area contributed by atoms with Crippen LogP contribution in [0.5, 0.6) is 11.5 Å². The topological polar surface area (TPSA) is 80.4 Å². The molecule has 240 valence electrons. The largest absolute Gasteiger partial charge is 0.462 e.